The highest BCUT2D eigenvalue weighted by Crippen LogP contribution is 2.34. The second kappa shape index (κ2) is 3.17. The predicted molar refractivity (Wildman–Crippen MR) is 39.2 cm³/mol. The van der Waals surface area contributed by atoms with Crippen molar-refractivity contribution in [1.82, 2.24) is 9.97 Å². The van der Waals surface area contributed by atoms with E-state index in [2.05, 4.69) is 9.97 Å². The Hall–Kier alpha value is -0.640. The zero-order chi connectivity index (χ0) is 8.32. The van der Waals surface area contributed by atoms with Crippen LogP contribution in [-0.4, -0.2) is 25.9 Å². The Morgan fingerprint density at radius 1 is 1.64 bits per heavy atom. The molecule has 0 saturated heterocycles. The lowest BCUT2D eigenvalue weighted by atomic mass is 10.4. The quantitative estimate of drug-likeness (QED) is 0.571. The van der Waals surface area contributed by atoms with Crippen LogP contribution in [0.4, 0.5) is 0 Å². The summed E-state index contributed by atoms with van der Waals surface area (Å²) in [5, 5.41) is 0. The number of nitrogens with zero attached hydrogens (tertiary/aromatic N) is 1. The maximum atomic E-state index is 10.4. The van der Waals surface area contributed by atoms with Crippen molar-refractivity contribution in [2.45, 2.75) is 6.42 Å². The Morgan fingerprint density at radius 2 is 2.36 bits per heavy atom. The smallest absolute Gasteiger partial charge is 0.325 e. The summed E-state index contributed by atoms with van der Waals surface area (Å²) in [7, 11) is -3.85. The van der Waals surface area contributed by atoms with Gasteiger partial charge in [0.25, 0.3) is 0 Å². The standard InChI is InChI=1S/C5H9N2O3P/c8-11(9,10)2-1-5-3-6-4-7-5/h3-4H,1-2H2,(H,6,7)(H2,8,9,10). The van der Waals surface area contributed by atoms with Crippen LogP contribution < -0.4 is 0 Å². The van der Waals surface area contributed by atoms with Gasteiger partial charge in [0.1, 0.15) is 0 Å². The molecule has 1 rings (SSSR count). The van der Waals surface area contributed by atoms with Gasteiger partial charge in [-0.1, -0.05) is 0 Å². The van der Waals surface area contributed by atoms with E-state index in [1.807, 2.05) is 0 Å². The molecular weight excluding hydrogens is 167 g/mol. The maximum absolute atomic E-state index is 10.4. The zero-order valence-electron chi connectivity index (χ0n) is 5.77. The molecule has 0 fully saturated rings. The SMILES string of the molecule is O=P(O)(O)CCc1cnc[nH]1. The predicted octanol–water partition coefficient (Wildman–Crippen LogP) is 0.130. The van der Waals surface area contributed by atoms with Crippen molar-refractivity contribution in [3.05, 3.63) is 18.2 Å². The van der Waals surface area contributed by atoms with E-state index in [1.165, 1.54) is 6.33 Å². The summed E-state index contributed by atoms with van der Waals surface area (Å²) in [6, 6.07) is 0. The highest BCUT2D eigenvalue weighted by atomic mass is 31.2. The van der Waals surface area contributed by atoms with Crippen LogP contribution >= 0.6 is 7.60 Å². The third kappa shape index (κ3) is 3.32. The molecule has 0 aliphatic carbocycles. The van der Waals surface area contributed by atoms with E-state index in [0.717, 1.165) is 5.69 Å². The maximum Gasteiger partial charge on any atom is 0.325 e. The van der Waals surface area contributed by atoms with Crippen molar-refractivity contribution in [2.24, 2.45) is 0 Å². The summed E-state index contributed by atoms with van der Waals surface area (Å²) in [5.41, 5.74) is 0.744. The van der Waals surface area contributed by atoms with E-state index in [1.54, 1.807) is 6.20 Å². The number of H-pyrrole nitrogens is 1. The molecule has 0 atom stereocenters. The van der Waals surface area contributed by atoms with Gasteiger partial charge in [-0.15, -0.1) is 0 Å². The largest absolute Gasteiger partial charge is 0.348 e. The number of imidazole rings is 1. The molecule has 1 heterocycles. The van der Waals surface area contributed by atoms with Gasteiger partial charge in [-0.2, -0.15) is 0 Å². The lowest BCUT2D eigenvalue weighted by Gasteiger charge is -2.00. The van der Waals surface area contributed by atoms with Crippen molar-refractivity contribution in [2.75, 3.05) is 6.16 Å². The number of hydrogen-bond acceptors (Lipinski definition) is 2. The molecule has 1 aromatic rings. The summed E-state index contributed by atoms with van der Waals surface area (Å²) in [6.45, 7) is 0. The Kier molecular flexibility index (Phi) is 2.44. The van der Waals surface area contributed by atoms with Gasteiger partial charge in [0, 0.05) is 18.3 Å². The van der Waals surface area contributed by atoms with E-state index < -0.39 is 7.60 Å². The molecule has 0 saturated carbocycles. The normalized spacial score (nSPS) is 11.8. The van der Waals surface area contributed by atoms with Crippen LogP contribution in [0.2, 0.25) is 0 Å². The van der Waals surface area contributed by atoms with Gasteiger partial charge in [-0.3, -0.25) is 4.57 Å². The van der Waals surface area contributed by atoms with Gasteiger partial charge in [-0.25, -0.2) is 4.98 Å². The molecular formula is C5H9N2O3P. The van der Waals surface area contributed by atoms with Crippen LogP contribution in [0.3, 0.4) is 0 Å². The topological polar surface area (TPSA) is 86.2 Å². The van der Waals surface area contributed by atoms with Crippen molar-refractivity contribution in [3.63, 3.8) is 0 Å². The molecule has 5 nitrogen and oxygen atoms in total. The molecule has 11 heavy (non-hydrogen) atoms. The number of aromatic amines is 1. The van der Waals surface area contributed by atoms with E-state index in [-0.39, 0.29) is 6.16 Å². The van der Waals surface area contributed by atoms with E-state index in [0.29, 0.717) is 6.42 Å². The minimum Gasteiger partial charge on any atom is -0.348 e. The van der Waals surface area contributed by atoms with Crippen LogP contribution in [0.1, 0.15) is 5.69 Å². The van der Waals surface area contributed by atoms with E-state index in [9.17, 15) is 4.57 Å². The molecule has 0 unspecified atom stereocenters. The summed E-state index contributed by atoms with van der Waals surface area (Å²) in [6.07, 6.45) is 3.24. The van der Waals surface area contributed by atoms with Gasteiger partial charge in [-0.05, 0) is 0 Å². The molecule has 0 aliphatic heterocycles. The van der Waals surface area contributed by atoms with Crippen LogP contribution in [-0.2, 0) is 11.0 Å². The second-order valence-electron chi connectivity index (χ2n) is 2.22. The fraction of sp³-hybridized carbons (Fsp3) is 0.400. The van der Waals surface area contributed by atoms with Crippen molar-refractivity contribution in [3.8, 4) is 0 Å². The molecule has 6 heteroatoms. The minimum atomic E-state index is -3.85. The summed E-state index contributed by atoms with van der Waals surface area (Å²) >= 11 is 0. The third-order valence-electron chi connectivity index (χ3n) is 1.23. The number of aromatic nitrogens is 2. The average molecular weight is 176 g/mol. The minimum absolute atomic E-state index is 0.130. The van der Waals surface area contributed by atoms with Crippen molar-refractivity contribution >= 4 is 7.60 Å². The molecule has 0 aliphatic rings. The van der Waals surface area contributed by atoms with Crippen LogP contribution in [0.5, 0.6) is 0 Å². The first-order chi connectivity index (χ1) is 5.08. The van der Waals surface area contributed by atoms with Gasteiger partial charge < -0.3 is 14.8 Å². The molecule has 0 spiro atoms. The molecule has 62 valence electrons. The zero-order valence-corrected chi connectivity index (χ0v) is 6.66. The molecule has 1 aromatic heterocycles. The molecule has 3 N–H and O–H groups in total. The molecule has 0 aromatic carbocycles. The Bertz CT molecular complexity index is 253. The average Bonchev–Trinajstić information content (AvgIpc) is 2.32. The molecule has 0 radical (unpaired) electrons. The third-order valence-corrected chi connectivity index (χ3v) is 2.03. The van der Waals surface area contributed by atoms with Gasteiger partial charge in [0.05, 0.1) is 12.5 Å². The first kappa shape index (κ1) is 8.46. The first-order valence-electron chi connectivity index (χ1n) is 3.10. The lowest BCUT2D eigenvalue weighted by molar-refractivity contribution is 0.373. The van der Waals surface area contributed by atoms with Gasteiger partial charge in [0.2, 0.25) is 0 Å². The monoisotopic (exact) mass is 176 g/mol. The summed E-state index contributed by atoms with van der Waals surface area (Å²) in [5.74, 6) is 0. The summed E-state index contributed by atoms with van der Waals surface area (Å²) < 4.78 is 10.4. The number of rotatable bonds is 3. The van der Waals surface area contributed by atoms with Crippen LogP contribution in [0, 0.1) is 0 Å². The van der Waals surface area contributed by atoms with E-state index >= 15 is 0 Å². The highest BCUT2D eigenvalue weighted by Gasteiger charge is 2.12. The molecule has 0 bridgehead atoms. The van der Waals surface area contributed by atoms with Crippen molar-refractivity contribution in [1.29, 1.82) is 0 Å². The number of hydrogen-bond donors (Lipinski definition) is 3. The highest BCUT2D eigenvalue weighted by molar-refractivity contribution is 7.51. The van der Waals surface area contributed by atoms with Crippen LogP contribution in [0.25, 0.3) is 0 Å². The Labute approximate surface area is 63.6 Å². The molecule has 0 amide bonds. The number of nitrogens with one attached hydrogen (secondary N) is 1. The van der Waals surface area contributed by atoms with E-state index in [4.69, 9.17) is 9.79 Å². The van der Waals surface area contributed by atoms with Gasteiger partial charge >= 0.3 is 7.60 Å². The second-order valence-corrected chi connectivity index (χ2v) is 3.99. The van der Waals surface area contributed by atoms with Crippen LogP contribution in [0.15, 0.2) is 12.5 Å². The Balaban J connectivity index is 2.41. The fourth-order valence-electron chi connectivity index (χ4n) is 0.688. The lowest BCUT2D eigenvalue weighted by Crippen LogP contribution is -1.93. The Morgan fingerprint density at radius 3 is 2.82 bits per heavy atom. The fourth-order valence-corrected chi connectivity index (χ4v) is 1.22. The van der Waals surface area contributed by atoms with Crippen molar-refractivity contribution < 1.29 is 14.4 Å². The first-order valence-corrected chi connectivity index (χ1v) is 4.89. The van der Waals surface area contributed by atoms with Gasteiger partial charge in [0.15, 0.2) is 0 Å². The summed E-state index contributed by atoms with van der Waals surface area (Å²) in [4.78, 5) is 23.5. The number of aryl methyl sites for hydroxylation is 1.